The van der Waals surface area contributed by atoms with Gasteiger partial charge >= 0.3 is 23.9 Å². The lowest BCUT2D eigenvalue weighted by Crippen LogP contribution is -2.51. The van der Waals surface area contributed by atoms with Crippen LogP contribution in [0.2, 0.25) is 0 Å². The number of amides is 2. The molecule has 12 nitrogen and oxygen atoms in total. The highest BCUT2D eigenvalue weighted by Gasteiger charge is 2.25. The number of rotatable bonds is 13. The van der Waals surface area contributed by atoms with Gasteiger partial charge in [-0.3, -0.25) is 14.8 Å². The second kappa shape index (κ2) is 12.7. The van der Waals surface area contributed by atoms with E-state index < -0.39 is 48.5 Å². The molecule has 176 valence electrons. The Morgan fingerprint density at radius 3 is 1.73 bits per heavy atom. The van der Waals surface area contributed by atoms with Gasteiger partial charge in [0.05, 0.1) is 17.4 Å². The van der Waals surface area contributed by atoms with Gasteiger partial charge in [0.15, 0.2) is 0 Å². The summed E-state index contributed by atoms with van der Waals surface area (Å²) < 4.78 is 0. The van der Waals surface area contributed by atoms with E-state index in [0.717, 1.165) is 0 Å². The van der Waals surface area contributed by atoms with E-state index in [-0.39, 0.29) is 19.4 Å². The fourth-order valence-electron chi connectivity index (χ4n) is 2.97. The quantitative estimate of drug-likeness (QED) is 0.247. The maximum Gasteiger partial charge on any atom is 0.326 e. The number of nitrogens with one attached hydrogen (secondary N) is 3. The Morgan fingerprint density at radius 1 is 0.788 bits per heavy atom. The average molecular weight is 459 g/mol. The number of nitrogens with zero attached hydrogens (tertiary/aromatic N) is 2. The van der Waals surface area contributed by atoms with Crippen molar-refractivity contribution in [2.24, 2.45) is 0 Å². The van der Waals surface area contributed by atoms with Gasteiger partial charge in [-0.25, -0.2) is 14.4 Å². The van der Waals surface area contributed by atoms with Gasteiger partial charge < -0.3 is 31.3 Å². The zero-order valence-corrected chi connectivity index (χ0v) is 17.5. The van der Waals surface area contributed by atoms with Crippen molar-refractivity contribution in [1.29, 1.82) is 0 Å². The van der Waals surface area contributed by atoms with Crippen LogP contribution < -0.4 is 16.0 Å². The fourth-order valence-corrected chi connectivity index (χ4v) is 2.97. The maximum absolute atomic E-state index is 12.1. The van der Waals surface area contributed by atoms with Crippen LogP contribution in [0.3, 0.4) is 0 Å². The second-order valence-corrected chi connectivity index (χ2v) is 7.02. The zero-order chi connectivity index (χ0) is 24.2. The summed E-state index contributed by atoms with van der Waals surface area (Å²) in [7, 11) is 0. The van der Waals surface area contributed by atoms with Crippen LogP contribution in [-0.2, 0) is 14.4 Å². The minimum absolute atomic E-state index is 0.0220. The van der Waals surface area contributed by atoms with Crippen LogP contribution >= 0.6 is 0 Å². The van der Waals surface area contributed by atoms with Gasteiger partial charge in [0.25, 0.3) is 0 Å². The molecule has 33 heavy (non-hydrogen) atoms. The largest absolute Gasteiger partial charge is 0.481 e. The topological polar surface area (TPSA) is 191 Å². The number of carboxylic acids is 3. The molecule has 2 aromatic rings. The first-order chi connectivity index (χ1) is 15.8. The molecule has 0 aliphatic heterocycles. The van der Waals surface area contributed by atoms with Gasteiger partial charge in [0, 0.05) is 18.8 Å². The lowest BCUT2D eigenvalue weighted by Gasteiger charge is -2.21. The van der Waals surface area contributed by atoms with E-state index in [2.05, 4.69) is 25.9 Å². The van der Waals surface area contributed by atoms with Crippen molar-refractivity contribution in [3.63, 3.8) is 0 Å². The highest BCUT2D eigenvalue weighted by molar-refractivity contribution is 5.86. The standard InChI is InChI=1S/C21H25N5O7/c27-17(28)8-7-15(19(29)30)25-21(33)26-16(20(31)32)9-12-24-18(13-5-1-3-10-22-13)14-6-2-4-11-23-14/h1-6,10-11,15-16,18,24H,7-9,12H2,(H,27,28)(H,29,30)(H,31,32)(H2,25,26,33)/t15-,16-/m0/s1. The summed E-state index contributed by atoms with van der Waals surface area (Å²) >= 11 is 0. The minimum Gasteiger partial charge on any atom is -0.481 e. The molecule has 0 fully saturated rings. The van der Waals surface area contributed by atoms with Gasteiger partial charge in [-0.1, -0.05) is 12.1 Å². The summed E-state index contributed by atoms with van der Waals surface area (Å²) in [5.74, 6) is -3.95. The third-order valence-corrected chi connectivity index (χ3v) is 4.60. The molecule has 2 aromatic heterocycles. The van der Waals surface area contributed by atoms with Crippen LogP contribution in [0.25, 0.3) is 0 Å². The van der Waals surface area contributed by atoms with Crippen molar-refractivity contribution in [3.05, 3.63) is 60.2 Å². The van der Waals surface area contributed by atoms with Crippen molar-refractivity contribution in [2.75, 3.05) is 6.54 Å². The number of hydrogen-bond acceptors (Lipinski definition) is 7. The van der Waals surface area contributed by atoms with E-state index in [9.17, 15) is 24.3 Å². The van der Waals surface area contributed by atoms with Crippen molar-refractivity contribution in [2.45, 2.75) is 37.4 Å². The van der Waals surface area contributed by atoms with Crippen LogP contribution in [-0.4, -0.2) is 67.9 Å². The summed E-state index contributed by atoms with van der Waals surface area (Å²) in [6.07, 6.45) is 2.43. The fraction of sp³-hybridized carbons (Fsp3) is 0.333. The molecular weight excluding hydrogens is 434 g/mol. The first kappa shape index (κ1) is 25.2. The zero-order valence-electron chi connectivity index (χ0n) is 17.5. The first-order valence-electron chi connectivity index (χ1n) is 10.1. The van der Waals surface area contributed by atoms with Crippen molar-refractivity contribution < 1.29 is 34.5 Å². The molecule has 0 radical (unpaired) electrons. The third kappa shape index (κ3) is 8.53. The number of pyridine rings is 2. The van der Waals surface area contributed by atoms with E-state index >= 15 is 0 Å². The van der Waals surface area contributed by atoms with Crippen molar-refractivity contribution in [3.8, 4) is 0 Å². The molecule has 0 unspecified atom stereocenters. The normalized spacial score (nSPS) is 12.5. The molecule has 2 rings (SSSR count). The van der Waals surface area contributed by atoms with Crippen molar-refractivity contribution in [1.82, 2.24) is 25.9 Å². The highest BCUT2D eigenvalue weighted by atomic mass is 16.4. The maximum atomic E-state index is 12.1. The Morgan fingerprint density at radius 2 is 1.30 bits per heavy atom. The molecule has 0 aliphatic carbocycles. The average Bonchev–Trinajstić information content (AvgIpc) is 2.79. The Labute approximate surface area is 189 Å². The molecule has 0 saturated carbocycles. The van der Waals surface area contributed by atoms with Crippen LogP contribution in [0, 0.1) is 0 Å². The Hall–Kier alpha value is -4.06. The van der Waals surface area contributed by atoms with Crippen molar-refractivity contribution >= 4 is 23.9 Å². The lowest BCUT2D eigenvalue weighted by atomic mass is 10.1. The molecule has 2 atom stereocenters. The molecular formula is C21H25N5O7. The first-order valence-corrected chi connectivity index (χ1v) is 10.1. The monoisotopic (exact) mass is 459 g/mol. The summed E-state index contributed by atoms with van der Waals surface area (Å²) in [4.78, 5) is 54.2. The molecule has 12 heteroatoms. The smallest absolute Gasteiger partial charge is 0.326 e. The SMILES string of the molecule is O=C(O)CC[C@H](NC(=O)N[C@@H](CCNC(c1ccccn1)c1ccccn1)C(=O)O)C(=O)O. The Bertz CT molecular complexity index is 903. The molecule has 0 aliphatic rings. The molecule has 0 saturated heterocycles. The van der Waals surface area contributed by atoms with Gasteiger partial charge in [0.1, 0.15) is 12.1 Å². The number of aliphatic carboxylic acids is 3. The molecule has 2 heterocycles. The molecule has 0 bridgehead atoms. The number of hydrogen-bond donors (Lipinski definition) is 6. The molecule has 0 aromatic carbocycles. The van der Waals surface area contributed by atoms with E-state index in [1.807, 2.05) is 12.1 Å². The third-order valence-electron chi connectivity index (χ3n) is 4.60. The van der Waals surface area contributed by atoms with Gasteiger partial charge in [-0.15, -0.1) is 0 Å². The number of carbonyl (C=O) groups excluding carboxylic acids is 1. The van der Waals surface area contributed by atoms with E-state index in [0.29, 0.717) is 11.4 Å². The van der Waals surface area contributed by atoms with E-state index in [1.54, 1.807) is 36.7 Å². The number of aromatic nitrogens is 2. The minimum atomic E-state index is -1.47. The van der Waals surface area contributed by atoms with Crippen LogP contribution in [0.4, 0.5) is 4.79 Å². The number of carboxylic acid groups (broad SMARTS) is 3. The van der Waals surface area contributed by atoms with Crippen LogP contribution in [0.15, 0.2) is 48.8 Å². The van der Waals surface area contributed by atoms with E-state index in [1.165, 1.54) is 0 Å². The van der Waals surface area contributed by atoms with Gasteiger partial charge in [-0.2, -0.15) is 0 Å². The predicted molar refractivity (Wildman–Crippen MR) is 114 cm³/mol. The Kier molecular flexibility index (Phi) is 9.71. The van der Waals surface area contributed by atoms with Gasteiger partial charge in [-0.05, 0) is 43.7 Å². The molecule has 6 N–H and O–H groups in total. The summed E-state index contributed by atoms with van der Waals surface area (Å²) in [5.41, 5.74) is 1.35. The highest BCUT2D eigenvalue weighted by Crippen LogP contribution is 2.17. The second-order valence-electron chi connectivity index (χ2n) is 7.02. The number of urea groups is 1. The van der Waals surface area contributed by atoms with Gasteiger partial charge in [0.2, 0.25) is 0 Å². The predicted octanol–water partition coefficient (Wildman–Crippen LogP) is 0.616. The molecule has 0 spiro atoms. The van der Waals surface area contributed by atoms with Crippen LogP contribution in [0.5, 0.6) is 0 Å². The molecule has 2 amide bonds. The Balaban J connectivity index is 1.98. The summed E-state index contributed by atoms with van der Waals surface area (Å²) in [5, 5.41) is 34.7. The van der Waals surface area contributed by atoms with E-state index in [4.69, 9.17) is 10.2 Å². The number of carbonyl (C=O) groups is 4. The summed E-state index contributed by atoms with van der Waals surface area (Å²) in [6.45, 7) is 0.163. The summed E-state index contributed by atoms with van der Waals surface area (Å²) in [6, 6.07) is 6.54. The van der Waals surface area contributed by atoms with Crippen LogP contribution in [0.1, 0.15) is 36.7 Å². The lowest BCUT2D eigenvalue weighted by molar-refractivity contribution is -0.140.